The van der Waals surface area contributed by atoms with Crippen LogP contribution in [-0.2, 0) is 11.4 Å². The number of allylic oxidation sites excluding steroid dienone is 2. The van der Waals surface area contributed by atoms with Gasteiger partial charge in [0.05, 0.1) is 0 Å². The molecule has 0 spiro atoms. The predicted molar refractivity (Wildman–Crippen MR) is 74.9 cm³/mol. The second-order valence-electron chi connectivity index (χ2n) is 4.07. The molecule has 3 heteroatoms. The first kappa shape index (κ1) is 14.6. The summed E-state index contributed by atoms with van der Waals surface area (Å²) in [5, 5.41) is 8.47. The number of hydrogen-bond donors (Lipinski definition) is 2. The summed E-state index contributed by atoms with van der Waals surface area (Å²) in [7, 11) is 0. The maximum Gasteiger partial charge on any atom is 0.101 e. The van der Waals surface area contributed by atoms with Crippen molar-refractivity contribution in [2.45, 2.75) is 25.8 Å². The maximum atomic E-state index is 8.47. The molecule has 0 fully saturated rings. The van der Waals surface area contributed by atoms with E-state index in [-0.39, 0.29) is 6.61 Å². The van der Waals surface area contributed by atoms with Crippen molar-refractivity contribution in [1.82, 2.24) is 0 Å². The van der Waals surface area contributed by atoms with Gasteiger partial charge in [0.2, 0.25) is 0 Å². The van der Waals surface area contributed by atoms with Crippen LogP contribution in [-0.4, -0.2) is 11.9 Å². The van der Waals surface area contributed by atoms with Crippen molar-refractivity contribution in [3.05, 3.63) is 54.1 Å². The van der Waals surface area contributed by atoms with Gasteiger partial charge in [-0.05, 0) is 36.0 Å². The Hall–Kier alpha value is -1.42. The normalized spacial score (nSPS) is 11.6. The van der Waals surface area contributed by atoms with Gasteiger partial charge in [-0.25, -0.2) is 4.89 Å². The van der Waals surface area contributed by atoms with E-state index in [9.17, 15) is 0 Å². The van der Waals surface area contributed by atoms with E-state index in [1.165, 1.54) is 0 Å². The third kappa shape index (κ3) is 4.45. The van der Waals surface area contributed by atoms with Crippen molar-refractivity contribution in [2.75, 3.05) is 6.61 Å². The van der Waals surface area contributed by atoms with Crippen molar-refractivity contribution in [3.8, 4) is 0 Å². The molecule has 0 radical (unpaired) electrons. The predicted octanol–water partition coefficient (Wildman–Crippen LogP) is 3.37. The van der Waals surface area contributed by atoms with Crippen molar-refractivity contribution in [2.24, 2.45) is 5.73 Å². The standard InChI is InChI=1S/C15H21NO2/c1-2-3-4-7-13(10-11-18-17)15-9-6-5-8-14(15)12-16/h2,5-6,8-10,17H,1,3-4,7,11-12,16H2/b13-10+. The van der Waals surface area contributed by atoms with Gasteiger partial charge in [-0.3, -0.25) is 5.26 Å². The summed E-state index contributed by atoms with van der Waals surface area (Å²) in [6, 6.07) is 8.06. The molecule has 0 saturated carbocycles. The number of hydrogen-bond acceptors (Lipinski definition) is 3. The highest BCUT2D eigenvalue weighted by Crippen LogP contribution is 2.24. The number of benzene rings is 1. The Labute approximate surface area is 109 Å². The largest absolute Gasteiger partial charge is 0.326 e. The van der Waals surface area contributed by atoms with Gasteiger partial charge in [0.1, 0.15) is 6.61 Å². The minimum absolute atomic E-state index is 0.197. The van der Waals surface area contributed by atoms with E-state index >= 15 is 0 Å². The lowest BCUT2D eigenvalue weighted by molar-refractivity contribution is -0.231. The molecular weight excluding hydrogens is 226 g/mol. The molecule has 0 heterocycles. The fourth-order valence-electron chi connectivity index (χ4n) is 1.93. The van der Waals surface area contributed by atoms with Crippen LogP contribution in [0, 0.1) is 0 Å². The van der Waals surface area contributed by atoms with Crippen molar-refractivity contribution in [1.29, 1.82) is 0 Å². The van der Waals surface area contributed by atoms with Crippen molar-refractivity contribution >= 4 is 5.57 Å². The molecule has 0 aliphatic carbocycles. The summed E-state index contributed by atoms with van der Waals surface area (Å²) in [6.45, 7) is 4.43. The second-order valence-corrected chi connectivity index (χ2v) is 4.07. The van der Waals surface area contributed by atoms with Gasteiger partial charge < -0.3 is 5.73 Å². The molecule has 0 aromatic heterocycles. The van der Waals surface area contributed by atoms with E-state index in [1.54, 1.807) is 0 Å². The third-order valence-electron chi connectivity index (χ3n) is 2.84. The van der Waals surface area contributed by atoms with Gasteiger partial charge in [-0.2, -0.15) is 0 Å². The smallest absolute Gasteiger partial charge is 0.101 e. The van der Waals surface area contributed by atoms with Crippen LogP contribution in [0.15, 0.2) is 43.0 Å². The lowest BCUT2D eigenvalue weighted by atomic mass is 9.95. The summed E-state index contributed by atoms with van der Waals surface area (Å²) >= 11 is 0. The highest BCUT2D eigenvalue weighted by atomic mass is 17.1. The summed E-state index contributed by atoms with van der Waals surface area (Å²) in [6.07, 6.45) is 6.74. The monoisotopic (exact) mass is 247 g/mol. The van der Waals surface area contributed by atoms with Crippen LogP contribution in [0.25, 0.3) is 5.57 Å². The molecule has 3 N–H and O–H groups in total. The van der Waals surface area contributed by atoms with Gasteiger partial charge in [0.15, 0.2) is 0 Å². The summed E-state index contributed by atoms with van der Waals surface area (Å²) in [5.74, 6) is 0. The molecule has 1 rings (SSSR count). The Kier molecular flexibility index (Phi) is 7.03. The molecule has 0 atom stereocenters. The van der Waals surface area contributed by atoms with Crippen molar-refractivity contribution < 1.29 is 10.1 Å². The summed E-state index contributed by atoms with van der Waals surface area (Å²) in [4.78, 5) is 4.15. The highest BCUT2D eigenvalue weighted by molar-refractivity contribution is 5.68. The molecule has 0 saturated heterocycles. The SMILES string of the molecule is C=CCCC/C(=C\COO)c1ccccc1CN. The van der Waals surface area contributed by atoms with Crippen LogP contribution < -0.4 is 5.73 Å². The quantitative estimate of drug-likeness (QED) is 0.320. The Morgan fingerprint density at radius 1 is 1.39 bits per heavy atom. The molecule has 98 valence electrons. The van der Waals surface area contributed by atoms with Crippen molar-refractivity contribution in [3.63, 3.8) is 0 Å². The van der Waals surface area contributed by atoms with Crippen LogP contribution in [0.1, 0.15) is 30.4 Å². The van der Waals surface area contributed by atoms with Gasteiger partial charge >= 0.3 is 0 Å². The Morgan fingerprint density at radius 3 is 2.83 bits per heavy atom. The topological polar surface area (TPSA) is 55.5 Å². The van der Waals surface area contributed by atoms with Crippen LogP contribution in [0.5, 0.6) is 0 Å². The zero-order valence-corrected chi connectivity index (χ0v) is 10.6. The molecule has 1 aromatic carbocycles. The molecular formula is C15H21NO2. The fourth-order valence-corrected chi connectivity index (χ4v) is 1.93. The molecule has 0 bridgehead atoms. The molecule has 0 amide bonds. The van der Waals surface area contributed by atoms with Crippen LogP contribution in [0.2, 0.25) is 0 Å². The first-order valence-corrected chi connectivity index (χ1v) is 6.18. The third-order valence-corrected chi connectivity index (χ3v) is 2.84. The molecule has 18 heavy (non-hydrogen) atoms. The van der Waals surface area contributed by atoms with Crippen LogP contribution in [0.3, 0.4) is 0 Å². The van der Waals surface area contributed by atoms with E-state index in [2.05, 4.69) is 17.5 Å². The number of rotatable bonds is 8. The van der Waals surface area contributed by atoms with Crippen LogP contribution in [0.4, 0.5) is 0 Å². The first-order chi connectivity index (χ1) is 8.83. The zero-order valence-electron chi connectivity index (χ0n) is 10.6. The van der Waals surface area contributed by atoms with Crippen LogP contribution >= 0.6 is 0 Å². The fraction of sp³-hybridized carbons (Fsp3) is 0.333. The average molecular weight is 247 g/mol. The molecule has 3 nitrogen and oxygen atoms in total. The number of unbranched alkanes of at least 4 members (excludes halogenated alkanes) is 1. The lowest BCUT2D eigenvalue weighted by Gasteiger charge is -2.12. The van der Waals surface area contributed by atoms with Gasteiger partial charge in [0.25, 0.3) is 0 Å². The molecule has 0 unspecified atom stereocenters. The van der Waals surface area contributed by atoms with E-state index in [0.29, 0.717) is 6.54 Å². The van der Waals surface area contributed by atoms with Gasteiger partial charge in [-0.1, -0.05) is 36.4 Å². The lowest BCUT2D eigenvalue weighted by Crippen LogP contribution is -2.01. The molecule has 0 aliphatic heterocycles. The highest BCUT2D eigenvalue weighted by Gasteiger charge is 2.06. The summed E-state index contributed by atoms with van der Waals surface area (Å²) in [5.41, 5.74) is 9.16. The Balaban J connectivity index is 2.90. The number of nitrogens with two attached hydrogens (primary N) is 1. The second kappa shape index (κ2) is 8.64. The first-order valence-electron chi connectivity index (χ1n) is 6.18. The minimum Gasteiger partial charge on any atom is -0.326 e. The van der Waals surface area contributed by atoms with E-state index in [1.807, 2.05) is 30.4 Å². The maximum absolute atomic E-state index is 8.47. The Morgan fingerprint density at radius 2 is 2.17 bits per heavy atom. The van der Waals surface area contributed by atoms with E-state index < -0.39 is 0 Å². The average Bonchev–Trinajstić information content (AvgIpc) is 2.42. The van der Waals surface area contributed by atoms with E-state index in [4.69, 9.17) is 11.0 Å². The molecule has 1 aromatic rings. The van der Waals surface area contributed by atoms with Gasteiger partial charge in [0, 0.05) is 6.54 Å². The van der Waals surface area contributed by atoms with E-state index in [0.717, 1.165) is 36.0 Å². The van der Waals surface area contributed by atoms with Gasteiger partial charge in [-0.15, -0.1) is 6.58 Å². The Bertz CT molecular complexity index is 399. The molecule has 0 aliphatic rings. The summed E-state index contributed by atoms with van der Waals surface area (Å²) < 4.78 is 0. The minimum atomic E-state index is 0.197. The zero-order chi connectivity index (χ0) is 13.2.